The Hall–Kier alpha value is -1.83. The normalized spacial score (nSPS) is 23.1. The van der Waals surface area contributed by atoms with Crippen LogP contribution in [0, 0.1) is 11.8 Å². The van der Waals surface area contributed by atoms with Crippen LogP contribution >= 0.6 is 0 Å². The van der Waals surface area contributed by atoms with Gasteiger partial charge in [-0.1, -0.05) is 61.1 Å². The van der Waals surface area contributed by atoms with Crippen molar-refractivity contribution in [2.75, 3.05) is 0 Å². The molecule has 106 valence electrons. The van der Waals surface area contributed by atoms with E-state index in [2.05, 4.69) is 30.9 Å². The van der Waals surface area contributed by atoms with Crippen molar-refractivity contribution in [2.45, 2.75) is 32.1 Å². The highest BCUT2D eigenvalue weighted by Gasteiger charge is 2.26. The summed E-state index contributed by atoms with van der Waals surface area (Å²) >= 11 is 0. The lowest BCUT2D eigenvalue weighted by molar-refractivity contribution is -0.138. The van der Waals surface area contributed by atoms with E-state index >= 15 is 0 Å². The predicted molar refractivity (Wildman–Crippen MR) is 82.3 cm³/mol. The van der Waals surface area contributed by atoms with Gasteiger partial charge in [-0.15, -0.1) is 0 Å². The van der Waals surface area contributed by atoms with E-state index in [1.807, 2.05) is 18.2 Å². The fraction of sp³-hybridized carbons (Fsp3) is 0.389. The summed E-state index contributed by atoms with van der Waals surface area (Å²) in [6.45, 7) is 4.16. The van der Waals surface area contributed by atoms with Gasteiger partial charge in [-0.3, -0.25) is 4.79 Å². The van der Waals surface area contributed by atoms with Gasteiger partial charge in [-0.25, -0.2) is 0 Å². The monoisotopic (exact) mass is 270 g/mol. The van der Waals surface area contributed by atoms with Crippen molar-refractivity contribution in [3.05, 3.63) is 54.1 Å². The van der Waals surface area contributed by atoms with Crippen molar-refractivity contribution in [3.63, 3.8) is 0 Å². The van der Waals surface area contributed by atoms with E-state index in [9.17, 15) is 4.79 Å². The average Bonchev–Trinajstić information content (AvgIpc) is 2.43. The Morgan fingerprint density at radius 2 is 1.95 bits per heavy atom. The molecule has 2 rings (SSSR count). The second kappa shape index (κ2) is 7.09. The Morgan fingerprint density at radius 1 is 1.25 bits per heavy atom. The number of aliphatic carboxylic acids is 1. The molecule has 2 atom stereocenters. The molecule has 0 aromatic heterocycles. The maximum absolute atomic E-state index is 10.9. The lowest BCUT2D eigenvalue weighted by Crippen LogP contribution is -2.20. The lowest BCUT2D eigenvalue weighted by Gasteiger charge is -2.30. The summed E-state index contributed by atoms with van der Waals surface area (Å²) in [5.74, 6) is -0.110. The van der Waals surface area contributed by atoms with Crippen LogP contribution in [-0.2, 0) is 4.79 Å². The second-order valence-electron chi connectivity index (χ2n) is 5.55. The Morgan fingerprint density at radius 3 is 2.65 bits per heavy atom. The molecule has 20 heavy (non-hydrogen) atoms. The summed E-state index contributed by atoms with van der Waals surface area (Å²) in [5, 5.41) is 8.94. The van der Waals surface area contributed by atoms with Crippen LogP contribution in [0.1, 0.15) is 37.7 Å². The summed E-state index contributed by atoms with van der Waals surface area (Å²) in [4.78, 5) is 10.9. The van der Waals surface area contributed by atoms with E-state index in [4.69, 9.17) is 5.11 Å². The average molecular weight is 270 g/mol. The van der Waals surface area contributed by atoms with Gasteiger partial charge in [0.2, 0.25) is 0 Å². The smallest absolute Gasteiger partial charge is 0.303 e. The molecule has 1 aromatic rings. The van der Waals surface area contributed by atoms with Crippen molar-refractivity contribution in [1.82, 2.24) is 0 Å². The number of carboxylic acid groups (broad SMARTS) is 1. The number of carboxylic acids is 1. The summed E-state index contributed by atoms with van der Waals surface area (Å²) in [6.07, 6.45) is 8.74. The van der Waals surface area contributed by atoms with Crippen LogP contribution in [0.25, 0.3) is 6.08 Å². The standard InChI is InChI=1S/C18H22O2/c1-14-16(11-6-12-17(14)13-18(19)20)10-5-9-15-7-3-2-4-8-15/h2-5,7-9,16-17H,1,6,10-13H2,(H,19,20)/b9-5+/t16?,17-/m0/s1. The third kappa shape index (κ3) is 4.09. The highest BCUT2D eigenvalue weighted by atomic mass is 16.4. The first kappa shape index (κ1) is 14.6. The van der Waals surface area contributed by atoms with Crippen LogP contribution in [-0.4, -0.2) is 11.1 Å². The van der Waals surface area contributed by atoms with E-state index in [0.29, 0.717) is 5.92 Å². The Balaban J connectivity index is 1.90. The van der Waals surface area contributed by atoms with Crippen molar-refractivity contribution in [3.8, 4) is 0 Å². The molecule has 0 radical (unpaired) electrons. The minimum Gasteiger partial charge on any atom is -0.481 e. The molecule has 1 fully saturated rings. The Kier molecular flexibility index (Phi) is 5.16. The minimum absolute atomic E-state index is 0.163. The first-order valence-electron chi connectivity index (χ1n) is 7.29. The molecule has 1 aromatic carbocycles. The van der Waals surface area contributed by atoms with Crippen LogP contribution in [0.3, 0.4) is 0 Å². The molecule has 1 aliphatic carbocycles. The van der Waals surface area contributed by atoms with E-state index in [-0.39, 0.29) is 12.3 Å². The van der Waals surface area contributed by atoms with Gasteiger partial charge in [-0.05, 0) is 36.7 Å². The maximum atomic E-state index is 10.9. The molecule has 1 unspecified atom stereocenters. The first-order valence-corrected chi connectivity index (χ1v) is 7.29. The SMILES string of the molecule is C=C1C(C/C=C/c2ccccc2)CCC[C@H]1CC(=O)O. The van der Waals surface area contributed by atoms with Gasteiger partial charge in [0.15, 0.2) is 0 Å². The number of hydrogen-bond donors (Lipinski definition) is 1. The molecule has 0 saturated heterocycles. The van der Waals surface area contributed by atoms with E-state index in [1.54, 1.807) is 0 Å². The largest absolute Gasteiger partial charge is 0.481 e. The number of allylic oxidation sites excluding steroid dienone is 2. The van der Waals surface area contributed by atoms with Crippen LogP contribution in [0.4, 0.5) is 0 Å². The molecule has 1 aliphatic rings. The first-order chi connectivity index (χ1) is 9.66. The van der Waals surface area contributed by atoms with E-state index in [0.717, 1.165) is 31.3 Å². The van der Waals surface area contributed by atoms with Gasteiger partial charge in [-0.2, -0.15) is 0 Å². The van der Waals surface area contributed by atoms with E-state index in [1.165, 1.54) is 5.56 Å². The molecule has 2 heteroatoms. The fourth-order valence-corrected chi connectivity index (χ4v) is 2.96. The summed E-state index contributed by atoms with van der Waals surface area (Å²) in [6, 6.07) is 10.2. The zero-order valence-electron chi connectivity index (χ0n) is 11.8. The van der Waals surface area contributed by atoms with Crippen molar-refractivity contribution < 1.29 is 9.90 Å². The van der Waals surface area contributed by atoms with Crippen molar-refractivity contribution >= 4 is 12.0 Å². The zero-order chi connectivity index (χ0) is 14.4. The van der Waals surface area contributed by atoms with Crippen molar-refractivity contribution in [2.24, 2.45) is 11.8 Å². The van der Waals surface area contributed by atoms with Gasteiger partial charge in [0.05, 0.1) is 6.42 Å². The van der Waals surface area contributed by atoms with Crippen LogP contribution < -0.4 is 0 Å². The van der Waals surface area contributed by atoms with Gasteiger partial charge >= 0.3 is 5.97 Å². The number of benzene rings is 1. The quantitative estimate of drug-likeness (QED) is 0.798. The molecule has 1 N–H and O–H groups in total. The number of hydrogen-bond acceptors (Lipinski definition) is 1. The van der Waals surface area contributed by atoms with Crippen molar-refractivity contribution in [1.29, 1.82) is 0 Å². The van der Waals surface area contributed by atoms with Crippen LogP contribution in [0.15, 0.2) is 48.6 Å². The Labute approximate surface area is 120 Å². The third-order valence-electron chi connectivity index (χ3n) is 4.11. The minimum atomic E-state index is -0.711. The molecule has 0 bridgehead atoms. The van der Waals surface area contributed by atoms with Gasteiger partial charge in [0.25, 0.3) is 0 Å². The van der Waals surface area contributed by atoms with Crippen LogP contribution in [0.2, 0.25) is 0 Å². The maximum Gasteiger partial charge on any atom is 0.303 e. The number of carbonyl (C=O) groups is 1. The van der Waals surface area contributed by atoms with E-state index < -0.39 is 5.97 Å². The molecule has 1 saturated carbocycles. The molecule has 2 nitrogen and oxygen atoms in total. The highest BCUT2D eigenvalue weighted by Crippen LogP contribution is 2.37. The van der Waals surface area contributed by atoms with Gasteiger partial charge < -0.3 is 5.11 Å². The van der Waals surface area contributed by atoms with Gasteiger partial charge in [0.1, 0.15) is 0 Å². The fourth-order valence-electron chi connectivity index (χ4n) is 2.96. The lowest BCUT2D eigenvalue weighted by atomic mass is 9.75. The second-order valence-corrected chi connectivity index (χ2v) is 5.55. The molecule has 0 amide bonds. The van der Waals surface area contributed by atoms with Crippen LogP contribution in [0.5, 0.6) is 0 Å². The Bertz CT molecular complexity index is 487. The topological polar surface area (TPSA) is 37.3 Å². The summed E-state index contributed by atoms with van der Waals surface area (Å²) in [5.41, 5.74) is 2.34. The molecule has 0 aliphatic heterocycles. The molecular weight excluding hydrogens is 248 g/mol. The predicted octanol–water partition coefficient (Wildman–Crippen LogP) is 4.54. The summed E-state index contributed by atoms with van der Waals surface area (Å²) in [7, 11) is 0. The third-order valence-corrected chi connectivity index (χ3v) is 4.11. The molecule has 0 spiro atoms. The molecule has 0 heterocycles. The zero-order valence-corrected chi connectivity index (χ0v) is 11.8. The molecular formula is C18H22O2. The number of rotatable bonds is 5. The highest BCUT2D eigenvalue weighted by molar-refractivity contribution is 5.67. The summed E-state index contributed by atoms with van der Waals surface area (Å²) < 4.78 is 0. The van der Waals surface area contributed by atoms with Gasteiger partial charge in [0, 0.05) is 0 Å².